The number of carbonyl (C=O) groups excluding carboxylic acids is 1. The van der Waals surface area contributed by atoms with Gasteiger partial charge in [-0.25, -0.2) is 9.78 Å². The molecule has 2 aliphatic heterocycles. The number of esters is 1. The Balaban J connectivity index is 1.77. The maximum atomic E-state index is 13.4. The zero-order valence-corrected chi connectivity index (χ0v) is 20.6. The van der Waals surface area contributed by atoms with E-state index in [1.54, 1.807) is 0 Å². The van der Waals surface area contributed by atoms with E-state index in [0.29, 0.717) is 48.4 Å². The summed E-state index contributed by atoms with van der Waals surface area (Å²) in [6.45, 7) is 15.8. The number of carbonyl (C=O) groups is 1. The molecule has 8 heteroatoms. The van der Waals surface area contributed by atoms with Crippen molar-refractivity contribution in [3.05, 3.63) is 23.1 Å². The van der Waals surface area contributed by atoms with Crippen LogP contribution in [-0.4, -0.2) is 73.6 Å². The zero-order chi connectivity index (χ0) is 23.6. The molecule has 2 saturated heterocycles. The lowest BCUT2D eigenvalue weighted by Gasteiger charge is -2.36. The Labute approximate surface area is 196 Å². The molecule has 0 aliphatic carbocycles. The lowest BCUT2D eigenvalue weighted by atomic mass is 10.00. The molecule has 2 fully saturated rings. The van der Waals surface area contributed by atoms with Crippen LogP contribution in [0.4, 0.5) is 5.69 Å². The van der Waals surface area contributed by atoms with Crippen LogP contribution >= 0.6 is 0 Å². The Hall–Kier alpha value is -2.16. The third-order valence-electron chi connectivity index (χ3n) is 6.31. The number of nitrogens with zero attached hydrogens (tertiary/aromatic N) is 3. The minimum absolute atomic E-state index is 0.360. The summed E-state index contributed by atoms with van der Waals surface area (Å²) < 4.78 is 23.0. The molecule has 0 radical (unpaired) electrons. The van der Waals surface area contributed by atoms with Crippen molar-refractivity contribution in [1.29, 1.82) is 0 Å². The summed E-state index contributed by atoms with van der Waals surface area (Å²) >= 11 is 0. The summed E-state index contributed by atoms with van der Waals surface area (Å²) in [4.78, 5) is 22.8. The van der Waals surface area contributed by atoms with Crippen molar-refractivity contribution in [3.63, 3.8) is 0 Å². The predicted octanol–water partition coefficient (Wildman–Crippen LogP) is 3.93. The summed E-state index contributed by atoms with van der Waals surface area (Å²) in [5.74, 6) is 0.253. The van der Waals surface area contributed by atoms with Crippen molar-refractivity contribution in [2.45, 2.75) is 65.6 Å². The van der Waals surface area contributed by atoms with Crippen molar-refractivity contribution in [1.82, 2.24) is 9.88 Å². The second-order valence-corrected chi connectivity index (χ2v) is 9.87. The van der Waals surface area contributed by atoms with Gasteiger partial charge >= 0.3 is 5.97 Å². The van der Waals surface area contributed by atoms with Gasteiger partial charge in [0.05, 0.1) is 25.3 Å². The van der Waals surface area contributed by atoms with Crippen LogP contribution in [0.15, 0.2) is 10.5 Å². The van der Waals surface area contributed by atoms with E-state index in [1.165, 1.54) is 0 Å². The summed E-state index contributed by atoms with van der Waals surface area (Å²) in [6, 6.07) is 2.41. The van der Waals surface area contributed by atoms with Gasteiger partial charge in [-0.15, -0.1) is 0 Å². The summed E-state index contributed by atoms with van der Waals surface area (Å²) in [6.07, 6.45) is 1.93. The Morgan fingerprint density at radius 1 is 1.18 bits per heavy atom. The van der Waals surface area contributed by atoms with E-state index in [9.17, 15) is 4.79 Å². The van der Waals surface area contributed by atoms with E-state index >= 15 is 0 Å². The SMILES string of the molecule is CCN(c1cc2oc(CN3CCOCC3)nc2c(C(=O)OC(C)(C)C)c1C)C1CCOCC1. The van der Waals surface area contributed by atoms with Gasteiger partial charge in [-0.2, -0.15) is 0 Å². The maximum absolute atomic E-state index is 13.4. The Kier molecular flexibility index (Phi) is 7.26. The van der Waals surface area contributed by atoms with Crippen LogP contribution in [0.1, 0.15) is 62.3 Å². The van der Waals surface area contributed by atoms with Crippen LogP contribution in [0.5, 0.6) is 0 Å². The topological polar surface area (TPSA) is 77.3 Å². The first kappa shape index (κ1) is 24.0. The Bertz CT molecular complexity index is 969. The second-order valence-electron chi connectivity index (χ2n) is 9.87. The fourth-order valence-corrected chi connectivity index (χ4v) is 4.71. The van der Waals surface area contributed by atoms with Crippen LogP contribution in [0, 0.1) is 6.92 Å². The molecule has 0 unspecified atom stereocenters. The number of hydrogen-bond donors (Lipinski definition) is 0. The Morgan fingerprint density at radius 3 is 2.48 bits per heavy atom. The molecule has 0 amide bonds. The summed E-state index contributed by atoms with van der Waals surface area (Å²) in [7, 11) is 0. The highest BCUT2D eigenvalue weighted by Crippen LogP contribution is 2.35. The van der Waals surface area contributed by atoms with Gasteiger partial charge in [0, 0.05) is 50.6 Å². The van der Waals surface area contributed by atoms with Crippen molar-refractivity contribution in [2.24, 2.45) is 0 Å². The van der Waals surface area contributed by atoms with E-state index in [0.717, 1.165) is 56.9 Å². The van der Waals surface area contributed by atoms with Crippen LogP contribution in [-0.2, 0) is 20.8 Å². The monoisotopic (exact) mass is 459 g/mol. The highest BCUT2D eigenvalue weighted by atomic mass is 16.6. The van der Waals surface area contributed by atoms with Crippen LogP contribution in [0.3, 0.4) is 0 Å². The number of rotatable bonds is 6. The summed E-state index contributed by atoms with van der Waals surface area (Å²) in [5.41, 5.74) is 3.00. The molecular weight excluding hydrogens is 422 g/mol. The average Bonchev–Trinajstić information content (AvgIpc) is 3.16. The van der Waals surface area contributed by atoms with E-state index in [1.807, 2.05) is 33.8 Å². The lowest BCUT2D eigenvalue weighted by Crippen LogP contribution is -2.40. The number of anilines is 1. The maximum Gasteiger partial charge on any atom is 0.341 e. The van der Waals surface area contributed by atoms with Crippen molar-refractivity contribution in [2.75, 3.05) is 51.0 Å². The largest absolute Gasteiger partial charge is 0.456 e. The van der Waals surface area contributed by atoms with Crippen LogP contribution < -0.4 is 4.90 Å². The third kappa shape index (κ3) is 5.50. The van der Waals surface area contributed by atoms with Gasteiger partial charge in [0.1, 0.15) is 11.1 Å². The highest BCUT2D eigenvalue weighted by molar-refractivity contribution is 6.05. The molecule has 4 rings (SSSR count). The van der Waals surface area contributed by atoms with Gasteiger partial charge < -0.3 is 23.5 Å². The van der Waals surface area contributed by atoms with E-state index in [2.05, 4.69) is 16.7 Å². The molecule has 0 spiro atoms. The molecule has 1 aromatic heterocycles. The number of hydrogen-bond acceptors (Lipinski definition) is 8. The minimum atomic E-state index is -0.600. The standard InChI is InChI=1S/C25H37N3O5/c1-6-28(18-7-11-30-12-8-18)19-15-20-23(22(17(19)2)24(29)33-25(3,4)5)26-21(32-20)16-27-9-13-31-14-10-27/h15,18H,6-14,16H2,1-5H3. The number of aromatic nitrogens is 1. The van der Waals surface area contributed by atoms with Crippen LogP contribution in [0.2, 0.25) is 0 Å². The van der Waals surface area contributed by atoms with Crippen LogP contribution in [0.25, 0.3) is 11.1 Å². The quantitative estimate of drug-likeness (QED) is 0.602. The summed E-state index contributed by atoms with van der Waals surface area (Å²) in [5, 5.41) is 0. The van der Waals surface area contributed by atoms with E-state index < -0.39 is 5.60 Å². The van der Waals surface area contributed by atoms with Gasteiger partial charge in [-0.3, -0.25) is 4.90 Å². The third-order valence-corrected chi connectivity index (χ3v) is 6.31. The fourth-order valence-electron chi connectivity index (χ4n) is 4.71. The smallest absolute Gasteiger partial charge is 0.341 e. The van der Waals surface area contributed by atoms with E-state index in [-0.39, 0.29) is 5.97 Å². The van der Waals surface area contributed by atoms with Gasteiger partial charge in [0.25, 0.3) is 0 Å². The van der Waals surface area contributed by atoms with Crippen molar-refractivity contribution in [3.8, 4) is 0 Å². The van der Waals surface area contributed by atoms with Crippen molar-refractivity contribution >= 4 is 22.8 Å². The lowest BCUT2D eigenvalue weighted by molar-refractivity contribution is 0.00707. The molecule has 0 bridgehead atoms. The first-order valence-corrected chi connectivity index (χ1v) is 12.1. The molecule has 8 nitrogen and oxygen atoms in total. The molecule has 182 valence electrons. The highest BCUT2D eigenvalue weighted by Gasteiger charge is 2.30. The minimum Gasteiger partial charge on any atom is -0.456 e. The molecule has 2 aliphatic rings. The molecule has 1 aromatic carbocycles. The fraction of sp³-hybridized carbons (Fsp3) is 0.680. The molecule has 2 aromatic rings. The average molecular weight is 460 g/mol. The number of fused-ring (bicyclic) bond motifs is 1. The van der Waals surface area contributed by atoms with E-state index in [4.69, 9.17) is 23.6 Å². The predicted molar refractivity (Wildman–Crippen MR) is 127 cm³/mol. The number of ether oxygens (including phenoxy) is 3. The molecular formula is C25H37N3O5. The first-order valence-electron chi connectivity index (χ1n) is 12.1. The van der Waals surface area contributed by atoms with Gasteiger partial charge in [0.2, 0.25) is 5.89 Å². The second kappa shape index (κ2) is 9.99. The van der Waals surface area contributed by atoms with Gasteiger partial charge in [0.15, 0.2) is 5.58 Å². The molecule has 0 saturated carbocycles. The number of oxazole rings is 1. The molecule has 3 heterocycles. The molecule has 33 heavy (non-hydrogen) atoms. The van der Waals surface area contributed by atoms with Gasteiger partial charge in [-0.1, -0.05) is 0 Å². The number of benzene rings is 1. The molecule has 0 N–H and O–H groups in total. The normalized spacial score (nSPS) is 18.6. The molecule has 0 atom stereocenters. The van der Waals surface area contributed by atoms with Crippen molar-refractivity contribution < 1.29 is 23.4 Å². The van der Waals surface area contributed by atoms with Gasteiger partial charge in [-0.05, 0) is 53.0 Å². The zero-order valence-electron chi connectivity index (χ0n) is 20.6. The number of morpholine rings is 1. The Morgan fingerprint density at radius 2 is 1.85 bits per heavy atom. The first-order chi connectivity index (χ1) is 15.8.